The van der Waals surface area contributed by atoms with Gasteiger partial charge in [-0.05, 0) is 38.0 Å². The molecule has 0 aliphatic heterocycles. The Hall–Kier alpha value is -2.56. The summed E-state index contributed by atoms with van der Waals surface area (Å²) in [6, 6.07) is 5.25. The Balaban J connectivity index is 2.17. The number of allylic oxidation sites excluding steroid dienone is 3. The van der Waals surface area contributed by atoms with Gasteiger partial charge in [0.05, 0.1) is 18.4 Å². The largest absolute Gasteiger partial charge is 0.497 e. The maximum absolute atomic E-state index is 12.3. The summed E-state index contributed by atoms with van der Waals surface area (Å²) in [5, 5.41) is 5.63. The molecule has 0 unspecified atom stereocenters. The molecule has 2 N–H and O–H groups in total. The SMILES string of the molecule is CC=CC=CC(=O)Nc1ccc(OC)cc1C(=O)NC1CC1. The zero-order chi connectivity index (χ0) is 15.9. The van der Waals surface area contributed by atoms with Crippen LogP contribution in [0.3, 0.4) is 0 Å². The van der Waals surface area contributed by atoms with Crippen LogP contribution >= 0.6 is 0 Å². The Kier molecular flexibility index (Phi) is 5.36. The molecule has 0 bridgehead atoms. The predicted molar refractivity (Wildman–Crippen MR) is 86.1 cm³/mol. The minimum Gasteiger partial charge on any atom is -0.497 e. The molecular formula is C17H20N2O3. The summed E-state index contributed by atoms with van der Waals surface area (Å²) >= 11 is 0. The molecule has 0 radical (unpaired) electrons. The second-order valence-electron chi connectivity index (χ2n) is 5.03. The second-order valence-corrected chi connectivity index (χ2v) is 5.03. The molecule has 5 heteroatoms. The molecule has 0 heterocycles. The van der Waals surface area contributed by atoms with Crippen LogP contribution in [0.5, 0.6) is 5.75 Å². The number of methoxy groups -OCH3 is 1. The predicted octanol–water partition coefficient (Wildman–Crippen LogP) is 2.66. The number of anilines is 1. The van der Waals surface area contributed by atoms with Crippen LogP contribution in [0.4, 0.5) is 5.69 Å². The summed E-state index contributed by atoms with van der Waals surface area (Å²) in [7, 11) is 1.54. The first-order chi connectivity index (χ1) is 10.6. The highest BCUT2D eigenvalue weighted by molar-refractivity contribution is 6.06. The third-order valence-electron chi connectivity index (χ3n) is 3.19. The van der Waals surface area contributed by atoms with Crippen molar-refractivity contribution in [1.29, 1.82) is 0 Å². The number of rotatable bonds is 6. The molecule has 0 saturated heterocycles. The van der Waals surface area contributed by atoms with E-state index in [4.69, 9.17) is 4.74 Å². The average Bonchev–Trinajstić information content (AvgIpc) is 3.31. The maximum atomic E-state index is 12.3. The number of amides is 2. The van der Waals surface area contributed by atoms with E-state index in [1.165, 1.54) is 13.2 Å². The zero-order valence-corrected chi connectivity index (χ0v) is 12.8. The molecule has 0 atom stereocenters. The standard InChI is InChI=1S/C17H20N2O3/c1-3-4-5-6-16(20)19-15-10-9-13(22-2)11-14(15)17(21)18-12-7-8-12/h3-6,9-12H,7-8H2,1-2H3,(H,18,21)(H,19,20). The number of nitrogens with one attached hydrogen (secondary N) is 2. The molecule has 1 aliphatic rings. The lowest BCUT2D eigenvalue weighted by Gasteiger charge is -2.12. The summed E-state index contributed by atoms with van der Waals surface area (Å²) in [5.74, 6) is 0.0845. The number of benzene rings is 1. The van der Waals surface area contributed by atoms with Gasteiger partial charge in [-0.15, -0.1) is 0 Å². The number of hydrogen-bond acceptors (Lipinski definition) is 3. The van der Waals surface area contributed by atoms with Gasteiger partial charge in [-0.3, -0.25) is 9.59 Å². The van der Waals surface area contributed by atoms with Crippen molar-refractivity contribution in [2.75, 3.05) is 12.4 Å². The van der Waals surface area contributed by atoms with Gasteiger partial charge in [0.15, 0.2) is 0 Å². The fraction of sp³-hybridized carbons (Fsp3) is 0.294. The molecular weight excluding hydrogens is 280 g/mol. The van der Waals surface area contributed by atoms with E-state index in [9.17, 15) is 9.59 Å². The van der Waals surface area contributed by atoms with Gasteiger partial charge in [0.25, 0.3) is 5.91 Å². The van der Waals surface area contributed by atoms with Crippen molar-refractivity contribution in [2.24, 2.45) is 0 Å². The van der Waals surface area contributed by atoms with E-state index in [1.54, 1.807) is 30.4 Å². The third kappa shape index (κ3) is 4.48. The first-order valence-electron chi connectivity index (χ1n) is 7.23. The smallest absolute Gasteiger partial charge is 0.253 e. The molecule has 0 spiro atoms. The van der Waals surface area contributed by atoms with Crippen LogP contribution in [-0.2, 0) is 4.79 Å². The van der Waals surface area contributed by atoms with Crippen molar-refractivity contribution in [3.63, 3.8) is 0 Å². The van der Waals surface area contributed by atoms with Crippen molar-refractivity contribution >= 4 is 17.5 Å². The van der Waals surface area contributed by atoms with Crippen LogP contribution in [0.15, 0.2) is 42.5 Å². The molecule has 116 valence electrons. The topological polar surface area (TPSA) is 67.4 Å². The fourth-order valence-electron chi connectivity index (χ4n) is 1.87. The lowest BCUT2D eigenvalue weighted by molar-refractivity contribution is -0.111. The van der Waals surface area contributed by atoms with E-state index in [2.05, 4.69) is 10.6 Å². The Morgan fingerprint density at radius 2 is 2.05 bits per heavy atom. The monoisotopic (exact) mass is 300 g/mol. The molecule has 22 heavy (non-hydrogen) atoms. The Morgan fingerprint density at radius 1 is 1.27 bits per heavy atom. The van der Waals surface area contributed by atoms with Gasteiger partial charge in [0.1, 0.15) is 5.75 Å². The van der Waals surface area contributed by atoms with E-state index < -0.39 is 0 Å². The molecule has 0 aromatic heterocycles. The minimum atomic E-state index is -0.288. The Morgan fingerprint density at radius 3 is 2.68 bits per heavy atom. The van der Waals surface area contributed by atoms with Crippen LogP contribution in [0.1, 0.15) is 30.1 Å². The number of hydrogen-bond donors (Lipinski definition) is 2. The fourth-order valence-corrected chi connectivity index (χ4v) is 1.87. The first-order valence-corrected chi connectivity index (χ1v) is 7.23. The van der Waals surface area contributed by atoms with Gasteiger partial charge in [-0.2, -0.15) is 0 Å². The molecule has 5 nitrogen and oxygen atoms in total. The highest BCUT2D eigenvalue weighted by atomic mass is 16.5. The van der Waals surface area contributed by atoms with Crippen LogP contribution < -0.4 is 15.4 Å². The molecule has 1 aromatic carbocycles. The van der Waals surface area contributed by atoms with Crippen LogP contribution in [0.25, 0.3) is 0 Å². The summed E-state index contributed by atoms with van der Waals surface area (Å²) in [6.45, 7) is 1.87. The van der Waals surface area contributed by atoms with Crippen LogP contribution in [0, 0.1) is 0 Å². The van der Waals surface area contributed by atoms with Crippen LogP contribution in [0.2, 0.25) is 0 Å². The number of carbonyl (C=O) groups excluding carboxylic acids is 2. The molecule has 1 aliphatic carbocycles. The van der Waals surface area contributed by atoms with Crippen LogP contribution in [-0.4, -0.2) is 25.0 Å². The van der Waals surface area contributed by atoms with E-state index >= 15 is 0 Å². The Bertz CT molecular complexity index is 616. The van der Waals surface area contributed by atoms with Gasteiger partial charge in [-0.25, -0.2) is 0 Å². The molecule has 1 saturated carbocycles. The van der Waals surface area contributed by atoms with Crippen molar-refractivity contribution < 1.29 is 14.3 Å². The zero-order valence-electron chi connectivity index (χ0n) is 12.8. The molecule has 2 rings (SSSR count). The second kappa shape index (κ2) is 7.45. The molecule has 1 aromatic rings. The van der Waals surface area contributed by atoms with Gasteiger partial charge in [-0.1, -0.05) is 18.2 Å². The van der Waals surface area contributed by atoms with E-state index in [1.807, 2.05) is 13.0 Å². The van der Waals surface area contributed by atoms with E-state index in [0.717, 1.165) is 12.8 Å². The Labute approximate surface area is 130 Å². The van der Waals surface area contributed by atoms with Gasteiger partial charge >= 0.3 is 0 Å². The summed E-state index contributed by atoms with van der Waals surface area (Å²) in [5.41, 5.74) is 0.869. The summed E-state index contributed by atoms with van der Waals surface area (Å²) in [4.78, 5) is 24.1. The molecule has 2 amide bonds. The quantitative estimate of drug-likeness (QED) is 0.627. The number of ether oxygens (including phenoxy) is 1. The first kappa shape index (κ1) is 15.8. The van der Waals surface area contributed by atoms with Crippen molar-refractivity contribution in [2.45, 2.75) is 25.8 Å². The maximum Gasteiger partial charge on any atom is 0.253 e. The highest BCUT2D eigenvalue weighted by Crippen LogP contribution is 2.25. The summed E-state index contributed by atoms with van der Waals surface area (Å²) < 4.78 is 5.15. The van der Waals surface area contributed by atoms with E-state index in [-0.39, 0.29) is 17.9 Å². The van der Waals surface area contributed by atoms with Gasteiger partial charge in [0, 0.05) is 12.1 Å². The minimum absolute atomic E-state index is 0.200. The highest BCUT2D eigenvalue weighted by Gasteiger charge is 2.25. The van der Waals surface area contributed by atoms with Gasteiger partial charge < -0.3 is 15.4 Å². The van der Waals surface area contributed by atoms with Crippen molar-refractivity contribution in [3.8, 4) is 5.75 Å². The normalized spacial score (nSPS) is 14.3. The lowest BCUT2D eigenvalue weighted by Crippen LogP contribution is -2.26. The number of carbonyl (C=O) groups is 2. The van der Waals surface area contributed by atoms with Crippen molar-refractivity contribution in [3.05, 3.63) is 48.1 Å². The van der Waals surface area contributed by atoms with E-state index in [0.29, 0.717) is 17.0 Å². The average molecular weight is 300 g/mol. The van der Waals surface area contributed by atoms with Gasteiger partial charge in [0.2, 0.25) is 5.91 Å². The third-order valence-corrected chi connectivity index (χ3v) is 3.19. The van der Waals surface area contributed by atoms with Crippen molar-refractivity contribution in [1.82, 2.24) is 5.32 Å². The summed E-state index contributed by atoms with van der Waals surface area (Å²) in [6.07, 6.45) is 8.64. The molecule has 1 fully saturated rings. The lowest BCUT2D eigenvalue weighted by atomic mass is 10.1.